The zero-order valence-electron chi connectivity index (χ0n) is 14.2. The van der Waals surface area contributed by atoms with E-state index in [9.17, 15) is 0 Å². The highest BCUT2D eigenvalue weighted by Crippen LogP contribution is 2.27. The lowest BCUT2D eigenvalue weighted by atomic mass is 9.97. The van der Waals surface area contributed by atoms with Gasteiger partial charge in [-0.1, -0.05) is 90.4 Å². The van der Waals surface area contributed by atoms with E-state index < -0.39 is 0 Å². The van der Waals surface area contributed by atoms with Gasteiger partial charge in [-0.25, -0.2) is 0 Å². The van der Waals surface area contributed by atoms with Crippen molar-refractivity contribution in [3.63, 3.8) is 0 Å². The topological polar surface area (TPSA) is 0 Å². The Morgan fingerprint density at radius 2 is 1.08 bits per heavy atom. The van der Waals surface area contributed by atoms with Crippen molar-refractivity contribution in [2.45, 2.75) is 0 Å². The number of benzene rings is 4. The molecule has 0 spiro atoms. The van der Waals surface area contributed by atoms with Crippen LogP contribution in [0.1, 0.15) is 11.1 Å². The first-order chi connectivity index (χ1) is 12.9. The van der Waals surface area contributed by atoms with Crippen LogP contribution in [0.4, 0.5) is 0 Å². The summed E-state index contributed by atoms with van der Waals surface area (Å²) in [5, 5.41) is 4.79. The van der Waals surface area contributed by atoms with Crippen LogP contribution in [0.5, 0.6) is 0 Å². The quantitative estimate of drug-likeness (QED) is 0.276. The van der Waals surface area contributed by atoms with Crippen LogP contribution in [0.25, 0.3) is 21.5 Å². The first-order valence-corrected chi connectivity index (χ1v) is 8.55. The number of rotatable bonds is 0. The maximum Gasteiger partial charge on any atom is 0.0405 e. The third-order valence-corrected chi connectivity index (χ3v) is 4.21. The summed E-state index contributed by atoms with van der Waals surface area (Å²) in [5.74, 6) is 12.6. The second kappa shape index (κ2) is 7.43. The van der Waals surface area contributed by atoms with E-state index >= 15 is 0 Å². The van der Waals surface area contributed by atoms with E-state index in [1.54, 1.807) is 6.08 Å². The predicted octanol–water partition coefficient (Wildman–Crippen LogP) is 5.95. The number of fused-ring (bicyclic) bond motifs is 2. The predicted molar refractivity (Wildman–Crippen MR) is 111 cm³/mol. The van der Waals surface area contributed by atoms with Crippen LogP contribution in [0.15, 0.2) is 97.1 Å². The van der Waals surface area contributed by atoms with Gasteiger partial charge in [0.25, 0.3) is 0 Å². The van der Waals surface area contributed by atoms with E-state index in [0.29, 0.717) is 0 Å². The molecule has 0 aliphatic rings. The minimum atomic E-state index is 1.00. The molecule has 4 aromatic carbocycles. The first-order valence-electron chi connectivity index (χ1n) is 8.55. The first kappa shape index (κ1) is 15.8. The molecular formula is C26H16. The lowest BCUT2D eigenvalue weighted by molar-refractivity contribution is 1.65. The Morgan fingerprint density at radius 1 is 0.538 bits per heavy atom. The van der Waals surface area contributed by atoms with Gasteiger partial charge in [-0.15, -0.1) is 0 Å². The van der Waals surface area contributed by atoms with Crippen molar-refractivity contribution in [1.29, 1.82) is 0 Å². The van der Waals surface area contributed by atoms with Crippen LogP contribution in [0, 0.1) is 23.7 Å². The molecule has 0 fully saturated rings. The molecule has 0 saturated heterocycles. The average Bonchev–Trinajstić information content (AvgIpc) is 2.70. The summed E-state index contributed by atoms with van der Waals surface area (Å²) < 4.78 is 0. The zero-order valence-corrected chi connectivity index (χ0v) is 14.2. The highest BCUT2D eigenvalue weighted by atomic mass is 14.1. The van der Waals surface area contributed by atoms with Crippen molar-refractivity contribution in [3.8, 4) is 23.7 Å². The number of allylic oxidation sites excluding steroid dienone is 2. The molecule has 0 amide bonds. The fourth-order valence-corrected chi connectivity index (χ4v) is 2.99. The molecule has 26 heavy (non-hydrogen) atoms. The summed E-state index contributed by atoms with van der Waals surface area (Å²) in [7, 11) is 0. The summed E-state index contributed by atoms with van der Waals surface area (Å²) in [6.45, 7) is 0. The fraction of sp³-hybridized carbons (Fsp3) is 0. The highest BCUT2D eigenvalue weighted by molar-refractivity contribution is 6.04. The number of hydrogen-bond acceptors (Lipinski definition) is 0. The Kier molecular flexibility index (Phi) is 4.51. The van der Waals surface area contributed by atoms with Crippen molar-refractivity contribution in [1.82, 2.24) is 0 Å². The van der Waals surface area contributed by atoms with Gasteiger partial charge in [-0.05, 0) is 51.9 Å². The lowest BCUT2D eigenvalue weighted by Crippen LogP contribution is -1.84. The van der Waals surface area contributed by atoms with Crippen LogP contribution in [0.2, 0.25) is 0 Å². The van der Waals surface area contributed by atoms with Crippen LogP contribution in [0.3, 0.4) is 0 Å². The Hall–Kier alpha value is -3.74. The molecular weight excluding hydrogens is 312 g/mol. The van der Waals surface area contributed by atoms with Gasteiger partial charge in [-0.2, -0.15) is 0 Å². The molecule has 0 heterocycles. The van der Waals surface area contributed by atoms with E-state index in [4.69, 9.17) is 0 Å². The second-order valence-electron chi connectivity index (χ2n) is 5.93. The molecule has 0 radical (unpaired) electrons. The molecule has 0 unspecified atom stereocenters. The molecule has 0 aliphatic heterocycles. The van der Waals surface area contributed by atoms with Crippen LogP contribution in [-0.2, 0) is 0 Å². The zero-order chi connectivity index (χ0) is 17.6. The minimum Gasteiger partial charge on any atom is -0.0689 e. The summed E-state index contributed by atoms with van der Waals surface area (Å²) in [5.41, 5.74) is 2.07. The standard InChI is InChI=1S/C26H16/c1(4-12-21-13-5-3-6-14-21)2-7-19-26-24-17-10-8-15-22(24)20-23-16-9-11-18-25(23)26/h1-3,5-6,8-11,13-18,20H/b2-1+. The summed E-state index contributed by atoms with van der Waals surface area (Å²) in [6, 6.07) is 28.9. The Balaban J connectivity index is 1.70. The van der Waals surface area contributed by atoms with Gasteiger partial charge in [0, 0.05) is 11.1 Å². The van der Waals surface area contributed by atoms with Gasteiger partial charge in [0.2, 0.25) is 0 Å². The Morgan fingerprint density at radius 3 is 1.73 bits per heavy atom. The van der Waals surface area contributed by atoms with E-state index in [0.717, 1.165) is 11.1 Å². The SMILES string of the molecule is C(#Cc1ccccc1)/C=C/C#Cc1c2ccccc2cc2ccccc12. The molecule has 0 nitrogen and oxygen atoms in total. The van der Waals surface area contributed by atoms with Gasteiger partial charge in [0.15, 0.2) is 0 Å². The summed E-state index contributed by atoms with van der Waals surface area (Å²) >= 11 is 0. The van der Waals surface area contributed by atoms with Crippen LogP contribution >= 0.6 is 0 Å². The second-order valence-corrected chi connectivity index (χ2v) is 5.93. The van der Waals surface area contributed by atoms with Crippen molar-refractivity contribution in [2.75, 3.05) is 0 Å². The molecule has 0 aliphatic carbocycles. The average molecular weight is 328 g/mol. The lowest BCUT2D eigenvalue weighted by Gasteiger charge is -2.06. The maximum absolute atomic E-state index is 3.32. The third kappa shape index (κ3) is 3.36. The molecule has 0 heteroatoms. The molecule has 120 valence electrons. The van der Waals surface area contributed by atoms with Crippen LogP contribution in [-0.4, -0.2) is 0 Å². The van der Waals surface area contributed by atoms with E-state index in [2.05, 4.69) is 78.3 Å². The smallest absolute Gasteiger partial charge is 0.0405 e. The van der Waals surface area contributed by atoms with Gasteiger partial charge < -0.3 is 0 Å². The monoisotopic (exact) mass is 328 g/mol. The number of hydrogen-bond donors (Lipinski definition) is 0. The Labute approximate surface area is 153 Å². The molecule has 0 N–H and O–H groups in total. The fourth-order valence-electron chi connectivity index (χ4n) is 2.99. The van der Waals surface area contributed by atoms with Crippen molar-refractivity contribution < 1.29 is 0 Å². The van der Waals surface area contributed by atoms with E-state index in [-0.39, 0.29) is 0 Å². The molecule has 0 bridgehead atoms. The normalized spacial score (nSPS) is 10.3. The largest absolute Gasteiger partial charge is 0.0689 e. The summed E-state index contributed by atoms with van der Waals surface area (Å²) in [4.78, 5) is 0. The molecule has 4 aromatic rings. The Bertz CT molecular complexity index is 1170. The molecule has 0 aromatic heterocycles. The van der Waals surface area contributed by atoms with E-state index in [1.165, 1.54) is 21.5 Å². The molecule has 0 saturated carbocycles. The van der Waals surface area contributed by atoms with Gasteiger partial charge in [-0.3, -0.25) is 0 Å². The van der Waals surface area contributed by atoms with Crippen molar-refractivity contribution >= 4 is 21.5 Å². The summed E-state index contributed by atoms with van der Waals surface area (Å²) in [6.07, 6.45) is 3.61. The molecule has 0 atom stereocenters. The minimum absolute atomic E-state index is 1.00. The molecule has 4 rings (SSSR count). The van der Waals surface area contributed by atoms with Gasteiger partial charge >= 0.3 is 0 Å². The van der Waals surface area contributed by atoms with Crippen molar-refractivity contribution in [3.05, 3.63) is 108 Å². The van der Waals surface area contributed by atoms with Crippen LogP contribution < -0.4 is 0 Å². The van der Waals surface area contributed by atoms with Crippen molar-refractivity contribution in [2.24, 2.45) is 0 Å². The highest BCUT2D eigenvalue weighted by Gasteiger charge is 2.04. The van der Waals surface area contributed by atoms with E-state index in [1.807, 2.05) is 36.4 Å². The maximum atomic E-state index is 3.32. The van der Waals surface area contributed by atoms with Gasteiger partial charge in [0.1, 0.15) is 0 Å². The third-order valence-electron chi connectivity index (χ3n) is 4.21. The van der Waals surface area contributed by atoms with Gasteiger partial charge in [0.05, 0.1) is 0 Å².